The molecule has 0 aliphatic carbocycles. The van der Waals surface area contributed by atoms with Crippen LogP contribution in [-0.2, 0) is 90.4 Å². The van der Waals surface area contributed by atoms with Crippen LogP contribution in [0.25, 0.3) is 22.3 Å². The Morgan fingerprint density at radius 1 is 0.732 bits per heavy atom. The van der Waals surface area contributed by atoms with Crippen molar-refractivity contribution in [2.75, 3.05) is 45.0 Å². The Bertz CT molecular complexity index is 3160. The van der Waals surface area contributed by atoms with Crippen LogP contribution in [0.3, 0.4) is 0 Å². The first kappa shape index (κ1) is 54.4. The molecule has 13 atom stereocenters. The molecule has 390 valence electrons. The van der Waals surface area contributed by atoms with Gasteiger partial charge in [-0.15, -0.1) is 0 Å². The predicted octanol–water partition coefficient (Wildman–Crippen LogP) is 1.42. The van der Waals surface area contributed by atoms with Crippen LogP contribution in [0.4, 0.5) is 11.8 Å². The zero-order valence-electron chi connectivity index (χ0n) is 37.1. The van der Waals surface area contributed by atoms with Crippen molar-refractivity contribution in [2.45, 2.75) is 88.4 Å². The Morgan fingerprint density at radius 3 is 1.85 bits per heavy atom. The Kier molecular flexibility index (Phi) is 16.7. The first-order valence-corrected chi connectivity index (χ1v) is 31.3. The van der Waals surface area contributed by atoms with Gasteiger partial charge < -0.3 is 67.5 Å². The number of thiol groups is 1. The van der Waals surface area contributed by atoms with Gasteiger partial charge in [0.15, 0.2) is 22.6 Å². The van der Waals surface area contributed by atoms with Gasteiger partial charge in [0, 0.05) is 38.1 Å². The molecule has 71 heavy (non-hydrogen) atoms. The quantitative estimate of drug-likeness (QED) is 0.0380. The second-order valence-corrected chi connectivity index (χ2v) is 27.1. The molecule has 8 rings (SSSR count). The van der Waals surface area contributed by atoms with Crippen molar-refractivity contribution in [1.82, 2.24) is 48.6 Å². The van der Waals surface area contributed by atoms with E-state index in [1.54, 1.807) is 6.92 Å². The van der Waals surface area contributed by atoms with Crippen molar-refractivity contribution in [3.05, 3.63) is 61.9 Å². The first-order chi connectivity index (χ1) is 33.4. The SMILES string of the molecule is CCOP(O)(=S)O[C@@H]1C[C@H](n2cc(C)c(=O)[nH]c2=O)O[C@@H]1COP(O)(=S)O[C@@H]1C[C@H](n2cnc3c(N)ncnc32)O[C@@H]1COP(=O)(S)O[C@@H]1C[C@H](n2cnc3c(=O)[nH]c(N)nc32)O[C@@H]1COP(O)(=S)OC. The maximum Gasteiger partial charge on any atom is 0.386 e. The predicted molar refractivity (Wildman–Crippen MR) is 261 cm³/mol. The van der Waals surface area contributed by atoms with E-state index in [1.807, 2.05) is 0 Å². The van der Waals surface area contributed by atoms with E-state index < -0.39 is 119 Å². The molecule has 3 aliphatic heterocycles. The van der Waals surface area contributed by atoms with Gasteiger partial charge in [0.1, 0.15) is 54.9 Å². The van der Waals surface area contributed by atoms with Crippen molar-refractivity contribution >= 4 is 109 Å². The number of nitrogens with zero attached hydrogens (tertiary/aromatic N) is 8. The van der Waals surface area contributed by atoms with Gasteiger partial charge in [-0.2, -0.15) is 4.98 Å². The third-order valence-electron chi connectivity index (χ3n) is 11.0. The number of aromatic nitrogens is 10. The normalized spacial score (nSPS) is 28.2. The number of nitrogens with one attached hydrogen (secondary N) is 2. The molecular weight excluding hydrogens is 1100 g/mol. The van der Waals surface area contributed by atoms with E-state index in [4.69, 9.17) is 97.3 Å². The minimum Gasteiger partial charge on any atom is -0.382 e. The number of H-pyrrole nitrogens is 2. The largest absolute Gasteiger partial charge is 0.386 e. The van der Waals surface area contributed by atoms with Gasteiger partial charge >= 0.3 is 32.6 Å². The molecule has 4 unspecified atom stereocenters. The van der Waals surface area contributed by atoms with Gasteiger partial charge in [-0.25, -0.2) is 29.3 Å². The number of aromatic amines is 2. The van der Waals surface area contributed by atoms with Crippen molar-refractivity contribution in [1.29, 1.82) is 0 Å². The molecule has 3 aliphatic rings. The van der Waals surface area contributed by atoms with Gasteiger partial charge in [-0.05, 0) is 49.3 Å². The molecule has 3 saturated heterocycles. The van der Waals surface area contributed by atoms with E-state index in [2.05, 4.69) is 47.1 Å². The Labute approximate surface area is 420 Å². The molecule has 0 bridgehead atoms. The fourth-order valence-corrected chi connectivity index (χ4v) is 13.0. The van der Waals surface area contributed by atoms with Gasteiger partial charge in [0.05, 0.1) is 51.3 Å². The van der Waals surface area contributed by atoms with Crippen molar-refractivity contribution in [2.24, 2.45) is 0 Å². The zero-order valence-corrected chi connectivity index (χ0v) is 44.0. The summed E-state index contributed by atoms with van der Waals surface area (Å²) in [5.41, 5.74) is 10.6. The van der Waals surface area contributed by atoms with E-state index in [9.17, 15) is 33.6 Å². The standard InChI is InChI=1S/C33H46N12O18P4S4/c1-4-54-65(50,69)61-16-5-22(43-8-15(2)30(46)42-33(43)48)58-20(16)10-56-66(51,70)62-17-6-23(44-13-38-25-27(34)36-12-37-28(25)44)59-21(17)11-57-67(52,71)63-18-7-24(60-19(18)9-55-64(49,68)53-3)45-14-39-26-29(45)40-32(35)41-31(26)47/h8,12-14,16-24H,4-7,9-11H2,1-3H3,(H,49,68)(H,50,69)(H,51,70)(H,52,71)(H2,34,36,37)(H,42,46,48)(H3,35,40,41,47)/t16-,17-,18-,19-,20-,21-,22-,23-,24-,64?,65?,66?,67?/m1/s1. The van der Waals surface area contributed by atoms with Crippen LogP contribution < -0.4 is 28.3 Å². The van der Waals surface area contributed by atoms with Crippen LogP contribution >= 0.6 is 39.2 Å². The second-order valence-electron chi connectivity index (χ2n) is 15.7. The minimum absolute atomic E-state index is 0.0128. The molecule has 5 aromatic rings. The van der Waals surface area contributed by atoms with Crippen molar-refractivity contribution in [3.8, 4) is 0 Å². The summed E-state index contributed by atoms with van der Waals surface area (Å²) < 4.78 is 81.8. The average Bonchev–Trinajstić information content (AvgIpc) is 4.13. The minimum atomic E-state index is -4.45. The highest BCUT2D eigenvalue weighted by atomic mass is 32.7. The van der Waals surface area contributed by atoms with E-state index >= 15 is 0 Å². The highest BCUT2D eigenvalue weighted by Gasteiger charge is 2.47. The van der Waals surface area contributed by atoms with Gasteiger partial charge in [0.25, 0.3) is 11.1 Å². The first-order valence-electron chi connectivity index (χ1n) is 20.9. The fraction of sp³-hybridized carbons (Fsp3) is 0.576. The Balaban J connectivity index is 1.000. The number of hydrogen-bond donors (Lipinski definition) is 8. The molecule has 0 spiro atoms. The lowest BCUT2D eigenvalue weighted by molar-refractivity contribution is -0.0518. The van der Waals surface area contributed by atoms with Crippen LogP contribution in [0.1, 0.15) is 50.4 Å². The van der Waals surface area contributed by atoms with Crippen LogP contribution in [0.15, 0.2) is 39.6 Å². The third kappa shape index (κ3) is 12.8. The number of aryl methyl sites for hydroxylation is 1. The maximum atomic E-state index is 14.2. The van der Waals surface area contributed by atoms with Gasteiger partial charge in [0.2, 0.25) is 5.95 Å². The summed E-state index contributed by atoms with van der Waals surface area (Å²) >= 11 is 19.9. The number of hydrogen-bond acceptors (Lipinski definition) is 25. The fourth-order valence-electron chi connectivity index (χ4n) is 7.75. The Morgan fingerprint density at radius 2 is 1.25 bits per heavy atom. The molecule has 0 aromatic carbocycles. The summed E-state index contributed by atoms with van der Waals surface area (Å²) in [4.78, 5) is 95.5. The van der Waals surface area contributed by atoms with Gasteiger partial charge in [-0.3, -0.25) is 42.3 Å². The molecule has 0 amide bonds. The van der Waals surface area contributed by atoms with Crippen LogP contribution in [0.2, 0.25) is 0 Å². The summed E-state index contributed by atoms with van der Waals surface area (Å²) in [5.74, 6) is -0.106. The molecule has 5 aromatic heterocycles. The lowest BCUT2D eigenvalue weighted by Gasteiger charge is -2.27. The summed E-state index contributed by atoms with van der Waals surface area (Å²) in [7, 11) is 1.15. The molecule has 8 heterocycles. The molecular formula is C33H46N12O18P4S4. The van der Waals surface area contributed by atoms with Crippen molar-refractivity contribution < 1.29 is 69.6 Å². The summed E-state index contributed by atoms with van der Waals surface area (Å²) in [6.07, 6.45) is -4.91. The number of fused-ring (bicyclic) bond motifs is 2. The monoisotopic (exact) mass is 1150 g/mol. The third-order valence-corrected chi connectivity index (χ3v) is 17.6. The van der Waals surface area contributed by atoms with Gasteiger partial charge in [-0.1, -0.05) is 12.2 Å². The van der Waals surface area contributed by atoms with E-state index in [-0.39, 0.29) is 65.5 Å². The molecule has 0 saturated carbocycles. The number of ether oxygens (including phenoxy) is 3. The Hall–Kier alpha value is -2.85. The molecule has 3 fully saturated rings. The maximum absolute atomic E-state index is 14.2. The number of imidazole rings is 2. The summed E-state index contributed by atoms with van der Waals surface area (Å²) in [5, 5.41) is 0. The molecule has 0 radical (unpaired) electrons. The van der Waals surface area contributed by atoms with Crippen molar-refractivity contribution in [3.63, 3.8) is 0 Å². The van der Waals surface area contributed by atoms with Crippen LogP contribution in [0.5, 0.6) is 0 Å². The average molecular weight is 1150 g/mol. The summed E-state index contributed by atoms with van der Waals surface area (Å²) in [6, 6.07) is 0. The van der Waals surface area contributed by atoms with E-state index in [1.165, 1.54) is 41.2 Å². The lowest BCUT2D eigenvalue weighted by atomic mass is 10.2. The molecule has 9 N–H and O–H groups in total. The number of anilines is 2. The second kappa shape index (κ2) is 21.8. The molecule has 38 heteroatoms. The lowest BCUT2D eigenvalue weighted by Crippen LogP contribution is -2.33. The van der Waals surface area contributed by atoms with Crippen LogP contribution in [-0.4, -0.2) is 133 Å². The highest BCUT2D eigenvalue weighted by Crippen LogP contribution is 2.58. The highest BCUT2D eigenvalue weighted by molar-refractivity contribution is 8.44. The summed E-state index contributed by atoms with van der Waals surface area (Å²) in [6.45, 7) is -14.8. The van der Waals surface area contributed by atoms with Crippen LogP contribution in [0, 0.1) is 6.92 Å². The number of nitrogens with two attached hydrogens (primary N) is 2. The zero-order chi connectivity index (χ0) is 51.2. The topological polar surface area (TPSA) is 393 Å². The number of nitrogen functional groups attached to an aromatic ring is 2. The smallest absolute Gasteiger partial charge is 0.382 e. The molecule has 30 nitrogen and oxygen atoms in total. The number of rotatable bonds is 21. The van der Waals surface area contributed by atoms with E-state index in [0.29, 0.717) is 0 Å². The van der Waals surface area contributed by atoms with E-state index in [0.717, 1.165) is 11.7 Å².